The van der Waals surface area contributed by atoms with Crippen molar-refractivity contribution in [2.45, 2.75) is 67.7 Å². The van der Waals surface area contributed by atoms with Gasteiger partial charge >= 0.3 is 0 Å². The van der Waals surface area contributed by atoms with Gasteiger partial charge in [0, 0.05) is 39.2 Å². The molecule has 3 heterocycles. The molecule has 3 aromatic heterocycles. The number of aryl methyl sites for hydroxylation is 6. The van der Waals surface area contributed by atoms with E-state index in [-0.39, 0.29) is 5.41 Å². The highest BCUT2D eigenvalue weighted by molar-refractivity contribution is 6.10. The van der Waals surface area contributed by atoms with Gasteiger partial charge in [-0.2, -0.15) is 0 Å². The number of aromatic nitrogens is 4. The van der Waals surface area contributed by atoms with Gasteiger partial charge in [-0.05, 0) is 105 Å². The van der Waals surface area contributed by atoms with E-state index in [2.05, 4.69) is 135 Å². The molecule has 234 valence electrons. The smallest absolute Gasteiger partial charge is 0.164 e. The van der Waals surface area contributed by atoms with Crippen LogP contribution in [0.25, 0.3) is 67.4 Å². The van der Waals surface area contributed by atoms with Crippen LogP contribution in [-0.2, 0) is 5.41 Å². The fourth-order valence-corrected chi connectivity index (χ4v) is 6.98. The van der Waals surface area contributed by atoms with E-state index in [0.29, 0.717) is 17.5 Å². The molecular weight excluding hydrogens is 576 g/mol. The lowest BCUT2D eigenvalue weighted by Crippen LogP contribution is -2.11. The van der Waals surface area contributed by atoms with Gasteiger partial charge in [0.25, 0.3) is 0 Å². The van der Waals surface area contributed by atoms with Crippen molar-refractivity contribution in [3.05, 3.63) is 118 Å². The third-order valence-corrected chi connectivity index (χ3v) is 9.10. The Bertz CT molecular complexity index is 2230. The van der Waals surface area contributed by atoms with E-state index in [0.717, 1.165) is 72.1 Å². The molecule has 5 nitrogen and oxygen atoms in total. The fraction of sp³-hybridized carbons (Fsp3) is 0.238. The quantitative estimate of drug-likeness (QED) is 0.197. The van der Waals surface area contributed by atoms with Crippen LogP contribution in [-0.4, -0.2) is 19.9 Å². The van der Waals surface area contributed by atoms with Gasteiger partial charge in [-0.3, -0.25) is 4.98 Å². The van der Waals surface area contributed by atoms with E-state index in [1.807, 2.05) is 6.20 Å². The van der Waals surface area contributed by atoms with E-state index in [4.69, 9.17) is 24.4 Å². The Labute approximate surface area is 276 Å². The summed E-state index contributed by atoms with van der Waals surface area (Å²) in [6, 6.07) is 25.6. The number of pyridine rings is 1. The van der Waals surface area contributed by atoms with Crippen molar-refractivity contribution in [1.82, 2.24) is 19.9 Å². The van der Waals surface area contributed by atoms with Crippen molar-refractivity contribution in [3.8, 4) is 45.4 Å². The van der Waals surface area contributed by atoms with Crippen molar-refractivity contribution < 1.29 is 4.42 Å². The van der Waals surface area contributed by atoms with Gasteiger partial charge in [-0.1, -0.05) is 74.4 Å². The summed E-state index contributed by atoms with van der Waals surface area (Å²) in [5, 5.41) is 2.10. The minimum atomic E-state index is 0.0158. The fourth-order valence-electron chi connectivity index (χ4n) is 6.98. The number of benzene rings is 4. The minimum Gasteiger partial charge on any atom is -0.455 e. The molecule has 0 radical (unpaired) electrons. The average Bonchev–Trinajstić information content (AvgIpc) is 3.38. The second-order valence-corrected chi connectivity index (χ2v) is 14.0. The molecule has 0 amide bonds. The lowest BCUT2D eigenvalue weighted by Gasteiger charge is -2.19. The minimum absolute atomic E-state index is 0.0158. The third kappa shape index (κ3) is 5.50. The Morgan fingerprint density at radius 1 is 0.574 bits per heavy atom. The first kappa shape index (κ1) is 30.5. The Hall–Kier alpha value is -5.16. The number of rotatable bonds is 4. The maximum absolute atomic E-state index is 6.65. The van der Waals surface area contributed by atoms with E-state index in [1.165, 1.54) is 16.7 Å². The van der Waals surface area contributed by atoms with Crippen LogP contribution in [0, 0.1) is 41.5 Å². The van der Waals surface area contributed by atoms with E-state index in [9.17, 15) is 0 Å². The Kier molecular flexibility index (Phi) is 7.31. The first-order valence-corrected chi connectivity index (χ1v) is 16.2. The van der Waals surface area contributed by atoms with Gasteiger partial charge in [0.15, 0.2) is 17.5 Å². The molecule has 0 aliphatic carbocycles. The van der Waals surface area contributed by atoms with Crippen molar-refractivity contribution in [2.75, 3.05) is 0 Å². The highest BCUT2D eigenvalue weighted by Crippen LogP contribution is 2.38. The van der Waals surface area contributed by atoms with Crippen LogP contribution >= 0.6 is 0 Å². The second-order valence-electron chi connectivity index (χ2n) is 14.0. The molecule has 0 saturated heterocycles. The molecule has 4 aromatic carbocycles. The Balaban J connectivity index is 1.43. The summed E-state index contributed by atoms with van der Waals surface area (Å²) < 4.78 is 6.65. The number of nitrogens with zero attached hydrogens (tertiary/aromatic N) is 4. The van der Waals surface area contributed by atoms with Gasteiger partial charge in [0.2, 0.25) is 0 Å². The molecule has 0 spiro atoms. The maximum atomic E-state index is 6.65. The van der Waals surface area contributed by atoms with Crippen LogP contribution in [0.15, 0.2) is 83.4 Å². The molecular formula is C42H40N4O. The molecule has 0 N–H and O–H groups in total. The Morgan fingerprint density at radius 3 is 1.72 bits per heavy atom. The largest absolute Gasteiger partial charge is 0.455 e. The summed E-state index contributed by atoms with van der Waals surface area (Å²) in [5.41, 5.74) is 14.7. The van der Waals surface area contributed by atoms with Crippen LogP contribution in [0.2, 0.25) is 0 Å². The molecule has 0 aliphatic heterocycles. The maximum Gasteiger partial charge on any atom is 0.164 e. The van der Waals surface area contributed by atoms with Crippen LogP contribution in [0.1, 0.15) is 59.7 Å². The average molecular weight is 617 g/mol. The lowest BCUT2D eigenvalue weighted by molar-refractivity contribution is 0.589. The monoisotopic (exact) mass is 616 g/mol. The molecule has 7 aromatic rings. The predicted octanol–water partition coefficient (Wildman–Crippen LogP) is 11.0. The molecule has 7 rings (SSSR count). The molecule has 0 saturated carbocycles. The highest BCUT2D eigenvalue weighted by atomic mass is 16.3. The van der Waals surface area contributed by atoms with E-state index >= 15 is 0 Å². The molecule has 0 atom stereocenters. The molecule has 5 heteroatoms. The summed E-state index contributed by atoms with van der Waals surface area (Å²) in [4.78, 5) is 20.1. The summed E-state index contributed by atoms with van der Waals surface area (Å²) >= 11 is 0. The number of hydrogen-bond acceptors (Lipinski definition) is 5. The normalized spacial score (nSPS) is 11.9. The van der Waals surface area contributed by atoms with Crippen molar-refractivity contribution in [2.24, 2.45) is 0 Å². The number of hydrogen-bond donors (Lipinski definition) is 0. The SMILES string of the molecule is Cc1cc(C)c(-c2nc(-c3ccc4c(c3)oc3c(-c5cc(C(C)(C)C)ccn5)cccc34)nc(-c3c(C)cc(C)cc3C)n2)c(C)c1. The van der Waals surface area contributed by atoms with Crippen LogP contribution in [0.4, 0.5) is 0 Å². The summed E-state index contributed by atoms with van der Waals surface area (Å²) in [5.74, 6) is 1.97. The number of furan rings is 1. The van der Waals surface area contributed by atoms with Crippen molar-refractivity contribution in [3.63, 3.8) is 0 Å². The highest BCUT2D eigenvalue weighted by Gasteiger charge is 2.21. The van der Waals surface area contributed by atoms with Crippen molar-refractivity contribution in [1.29, 1.82) is 0 Å². The summed E-state index contributed by atoms with van der Waals surface area (Å²) in [6.45, 7) is 19.4. The first-order valence-electron chi connectivity index (χ1n) is 16.2. The predicted molar refractivity (Wildman–Crippen MR) is 194 cm³/mol. The Morgan fingerprint density at radius 2 is 1.15 bits per heavy atom. The molecule has 0 bridgehead atoms. The zero-order chi connectivity index (χ0) is 33.2. The number of para-hydroxylation sites is 1. The summed E-state index contributed by atoms with van der Waals surface area (Å²) in [7, 11) is 0. The van der Waals surface area contributed by atoms with Crippen LogP contribution in [0.5, 0.6) is 0 Å². The summed E-state index contributed by atoms with van der Waals surface area (Å²) in [6.07, 6.45) is 1.89. The molecule has 0 aliphatic rings. The van der Waals surface area contributed by atoms with E-state index in [1.54, 1.807) is 0 Å². The lowest BCUT2D eigenvalue weighted by atomic mass is 9.87. The second kappa shape index (κ2) is 11.3. The standard InChI is InChI=1S/C42H40N4O/c1-23-17-25(3)36(26(4)18-23)40-44-39(45-41(46-40)37-27(5)19-24(2)20-28(37)6)29-13-14-31-32-11-10-12-33(38(32)47-35(31)21-29)34-22-30(15-16-43-34)42(7,8)9/h10-22H,1-9H3. The van der Waals surface area contributed by atoms with Crippen LogP contribution < -0.4 is 0 Å². The van der Waals surface area contributed by atoms with Gasteiger partial charge in [-0.15, -0.1) is 0 Å². The number of fused-ring (bicyclic) bond motifs is 3. The third-order valence-electron chi connectivity index (χ3n) is 9.10. The zero-order valence-electron chi connectivity index (χ0n) is 28.7. The van der Waals surface area contributed by atoms with E-state index < -0.39 is 0 Å². The van der Waals surface area contributed by atoms with Crippen molar-refractivity contribution >= 4 is 21.9 Å². The molecule has 47 heavy (non-hydrogen) atoms. The topological polar surface area (TPSA) is 64.7 Å². The van der Waals surface area contributed by atoms with Crippen LogP contribution in [0.3, 0.4) is 0 Å². The zero-order valence-corrected chi connectivity index (χ0v) is 28.7. The van der Waals surface area contributed by atoms with Gasteiger partial charge in [-0.25, -0.2) is 15.0 Å². The van der Waals surface area contributed by atoms with Gasteiger partial charge < -0.3 is 4.42 Å². The first-order chi connectivity index (χ1) is 22.4. The molecule has 0 fully saturated rings. The molecule has 0 unspecified atom stereocenters. The van der Waals surface area contributed by atoms with Gasteiger partial charge in [0.05, 0.1) is 5.69 Å². The van der Waals surface area contributed by atoms with Gasteiger partial charge in [0.1, 0.15) is 11.2 Å².